The molecule has 0 amide bonds. The van der Waals surface area contributed by atoms with Crippen LogP contribution in [-0.4, -0.2) is 38.6 Å². The molecule has 3 aromatic rings. The highest BCUT2D eigenvalue weighted by molar-refractivity contribution is 6.74. The second kappa shape index (κ2) is 13.0. The summed E-state index contributed by atoms with van der Waals surface area (Å²) in [4.78, 5) is 25.5. The quantitative estimate of drug-likeness (QED) is 0.134. The second-order valence-electron chi connectivity index (χ2n) is 13.4. The van der Waals surface area contributed by atoms with Crippen LogP contribution in [0.1, 0.15) is 56.0 Å². The van der Waals surface area contributed by atoms with Gasteiger partial charge < -0.3 is 13.9 Å². The van der Waals surface area contributed by atoms with Gasteiger partial charge in [-0.3, -0.25) is 4.79 Å². The number of rotatable bonds is 10. The Balaban J connectivity index is 1.33. The van der Waals surface area contributed by atoms with Crippen molar-refractivity contribution in [2.24, 2.45) is 11.8 Å². The number of esters is 2. The SMILES string of the molecule is CC(C)(C)[Si](C)(C)O[C@@H](/C=C/[C@H]1C(OC(=O)c2ccc(-c3ccccc3)cc2)C[C@@H]2OC(=O)C[C@@H]21)CCc1ccccc1. The topological polar surface area (TPSA) is 61.8 Å². The van der Waals surface area contributed by atoms with Crippen molar-refractivity contribution in [1.29, 1.82) is 0 Å². The van der Waals surface area contributed by atoms with E-state index < -0.39 is 8.32 Å². The lowest BCUT2D eigenvalue weighted by Gasteiger charge is -2.39. The molecular formula is C37H44O5Si. The van der Waals surface area contributed by atoms with Gasteiger partial charge in [-0.1, -0.05) is 106 Å². The fourth-order valence-corrected chi connectivity index (χ4v) is 7.19. The van der Waals surface area contributed by atoms with Crippen molar-refractivity contribution >= 4 is 20.3 Å². The van der Waals surface area contributed by atoms with E-state index in [1.54, 1.807) is 0 Å². The molecule has 1 aliphatic carbocycles. The summed E-state index contributed by atoms with van der Waals surface area (Å²) in [5, 5.41) is 0.0735. The zero-order valence-electron chi connectivity index (χ0n) is 26.0. The minimum atomic E-state index is -2.05. The summed E-state index contributed by atoms with van der Waals surface area (Å²) in [7, 11) is -2.05. The molecule has 0 bridgehead atoms. The number of carbonyl (C=O) groups is 2. The van der Waals surface area contributed by atoms with E-state index in [0.717, 1.165) is 24.0 Å². The molecule has 1 heterocycles. The fraction of sp³-hybridized carbons (Fsp3) is 0.405. The second-order valence-corrected chi connectivity index (χ2v) is 18.2. The smallest absolute Gasteiger partial charge is 0.338 e. The summed E-state index contributed by atoms with van der Waals surface area (Å²) in [6.07, 6.45) is 6.23. The molecule has 6 heteroatoms. The molecule has 1 aliphatic heterocycles. The van der Waals surface area contributed by atoms with Crippen molar-refractivity contribution in [2.45, 2.75) is 82.9 Å². The third-order valence-electron chi connectivity index (χ3n) is 9.40. The van der Waals surface area contributed by atoms with Crippen molar-refractivity contribution in [3.63, 3.8) is 0 Å². The Hall–Kier alpha value is -3.48. The lowest BCUT2D eigenvalue weighted by atomic mass is 9.91. The van der Waals surface area contributed by atoms with Crippen molar-refractivity contribution < 1.29 is 23.5 Å². The highest BCUT2D eigenvalue weighted by Gasteiger charge is 2.51. The van der Waals surface area contributed by atoms with Gasteiger partial charge >= 0.3 is 11.9 Å². The molecule has 5 atom stereocenters. The minimum absolute atomic E-state index is 0.00958. The van der Waals surface area contributed by atoms with Crippen molar-refractivity contribution in [2.75, 3.05) is 0 Å². The number of hydrogen-bond donors (Lipinski definition) is 0. The maximum Gasteiger partial charge on any atom is 0.338 e. The Morgan fingerprint density at radius 2 is 1.58 bits per heavy atom. The minimum Gasteiger partial charge on any atom is -0.462 e. The average Bonchev–Trinajstić information content (AvgIpc) is 3.50. The van der Waals surface area contributed by atoms with E-state index in [0.29, 0.717) is 18.4 Å². The number of ether oxygens (including phenoxy) is 2. The zero-order chi connectivity index (χ0) is 30.6. The molecular weight excluding hydrogens is 552 g/mol. The van der Waals surface area contributed by atoms with Gasteiger partial charge in [-0.15, -0.1) is 0 Å². The lowest BCUT2D eigenvalue weighted by Crippen LogP contribution is -2.43. The summed E-state index contributed by atoms with van der Waals surface area (Å²) in [6.45, 7) is 11.3. The Morgan fingerprint density at radius 1 is 0.953 bits per heavy atom. The molecule has 1 saturated heterocycles. The van der Waals surface area contributed by atoms with Gasteiger partial charge in [0.2, 0.25) is 0 Å². The number of fused-ring (bicyclic) bond motifs is 1. The lowest BCUT2D eigenvalue weighted by molar-refractivity contribution is -0.141. The molecule has 0 aromatic heterocycles. The van der Waals surface area contributed by atoms with Crippen LogP contribution in [0.25, 0.3) is 11.1 Å². The van der Waals surface area contributed by atoms with E-state index in [1.807, 2.05) is 60.7 Å². The molecule has 43 heavy (non-hydrogen) atoms. The third kappa shape index (κ3) is 7.54. The van der Waals surface area contributed by atoms with Crippen LogP contribution in [0.3, 0.4) is 0 Å². The van der Waals surface area contributed by atoms with Crippen LogP contribution < -0.4 is 0 Å². The summed E-state index contributed by atoms with van der Waals surface area (Å²) in [5.41, 5.74) is 3.93. The largest absolute Gasteiger partial charge is 0.462 e. The highest BCUT2D eigenvalue weighted by atomic mass is 28.4. The summed E-state index contributed by atoms with van der Waals surface area (Å²) in [5.74, 6) is -0.656. The average molecular weight is 597 g/mol. The highest BCUT2D eigenvalue weighted by Crippen LogP contribution is 2.44. The molecule has 5 rings (SSSR count). The normalized spacial score (nSPS) is 22.8. The van der Waals surface area contributed by atoms with Crippen LogP contribution >= 0.6 is 0 Å². The molecule has 1 unspecified atom stereocenters. The Bertz CT molecular complexity index is 1410. The molecule has 5 nitrogen and oxygen atoms in total. The van der Waals surface area contributed by atoms with Gasteiger partial charge in [0.25, 0.3) is 0 Å². The predicted octanol–water partition coefficient (Wildman–Crippen LogP) is 8.41. The zero-order valence-corrected chi connectivity index (χ0v) is 27.0. The molecule has 226 valence electrons. The van der Waals surface area contributed by atoms with E-state index in [4.69, 9.17) is 13.9 Å². The molecule has 0 spiro atoms. The van der Waals surface area contributed by atoms with E-state index in [1.165, 1.54) is 5.56 Å². The first-order chi connectivity index (χ1) is 20.5. The molecule has 0 N–H and O–H groups in total. The van der Waals surface area contributed by atoms with Gasteiger partial charge in [0, 0.05) is 18.3 Å². The van der Waals surface area contributed by atoms with Crippen LogP contribution in [0, 0.1) is 11.8 Å². The third-order valence-corrected chi connectivity index (χ3v) is 13.9. The standard InChI is InChI=1S/C37H44O5Si/c1-37(2,3)43(4,5)42-30(21-16-26-12-8-6-9-13-26)22-23-31-32-24-35(38)40-34(32)25-33(31)41-36(39)29-19-17-28(18-20-29)27-14-10-7-11-15-27/h6-15,17-20,22-23,30-34H,16,21,24-25H2,1-5H3/b23-22+/t30-,31-,32-,33?,34+/m1/s1. The van der Waals surface area contributed by atoms with E-state index in [9.17, 15) is 9.59 Å². The van der Waals surface area contributed by atoms with E-state index in [-0.39, 0.29) is 47.1 Å². The number of aryl methyl sites for hydroxylation is 1. The van der Waals surface area contributed by atoms with E-state index in [2.05, 4.69) is 70.3 Å². The van der Waals surface area contributed by atoms with Crippen LogP contribution in [0.5, 0.6) is 0 Å². The molecule has 1 saturated carbocycles. The first kappa shape index (κ1) is 31.0. The Kier molecular flexibility index (Phi) is 9.38. The van der Waals surface area contributed by atoms with Crippen LogP contribution in [0.2, 0.25) is 18.1 Å². The van der Waals surface area contributed by atoms with Crippen LogP contribution in [0.15, 0.2) is 97.1 Å². The monoisotopic (exact) mass is 596 g/mol. The van der Waals surface area contributed by atoms with Crippen LogP contribution in [-0.2, 0) is 25.1 Å². The van der Waals surface area contributed by atoms with Gasteiger partial charge in [-0.2, -0.15) is 0 Å². The maximum atomic E-state index is 13.3. The Labute approximate surface area is 257 Å². The van der Waals surface area contributed by atoms with Gasteiger partial charge in [0.05, 0.1) is 18.1 Å². The maximum absolute atomic E-state index is 13.3. The summed E-state index contributed by atoms with van der Waals surface area (Å²) >= 11 is 0. The van der Waals surface area contributed by atoms with Crippen molar-refractivity contribution in [3.8, 4) is 11.1 Å². The first-order valence-electron chi connectivity index (χ1n) is 15.5. The fourth-order valence-electron chi connectivity index (χ4n) is 5.88. The number of carbonyl (C=O) groups excluding carboxylic acids is 2. The Morgan fingerprint density at radius 3 is 2.23 bits per heavy atom. The number of benzene rings is 3. The first-order valence-corrected chi connectivity index (χ1v) is 18.4. The van der Waals surface area contributed by atoms with Crippen molar-refractivity contribution in [1.82, 2.24) is 0 Å². The summed E-state index contributed by atoms with van der Waals surface area (Å²) in [6, 6.07) is 28.1. The van der Waals surface area contributed by atoms with Gasteiger partial charge in [-0.25, -0.2) is 4.79 Å². The summed E-state index contributed by atoms with van der Waals surface area (Å²) < 4.78 is 18.7. The van der Waals surface area contributed by atoms with Crippen molar-refractivity contribution in [3.05, 3.63) is 108 Å². The molecule has 0 radical (unpaired) electrons. The van der Waals surface area contributed by atoms with Crippen LogP contribution in [0.4, 0.5) is 0 Å². The molecule has 3 aromatic carbocycles. The van der Waals surface area contributed by atoms with Gasteiger partial charge in [0.15, 0.2) is 8.32 Å². The number of hydrogen-bond acceptors (Lipinski definition) is 5. The van der Waals surface area contributed by atoms with Gasteiger partial charge in [0.1, 0.15) is 12.2 Å². The molecule has 2 aliphatic rings. The van der Waals surface area contributed by atoms with E-state index >= 15 is 0 Å². The van der Waals surface area contributed by atoms with Gasteiger partial charge in [-0.05, 0) is 59.8 Å². The molecule has 2 fully saturated rings. The predicted molar refractivity (Wildman–Crippen MR) is 173 cm³/mol.